The number of carbonyl (C=O) groups is 1. The number of hydrogen-bond acceptors (Lipinski definition) is 1. The second-order valence-corrected chi connectivity index (χ2v) is 8.18. The second kappa shape index (κ2) is 6.54. The van der Waals surface area contributed by atoms with Crippen molar-refractivity contribution >= 4 is 50.9 Å². The zero-order chi connectivity index (χ0) is 19.4. The van der Waals surface area contributed by atoms with Crippen LogP contribution in [0.5, 0.6) is 0 Å². The minimum atomic E-state index is -0.428. The lowest BCUT2D eigenvalue weighted by atomic mass is 10.0. The van der Waals surface area contributed by atoms with Crippen LogP contribution in [0.3, 0.4) is 0 Å². The maximum absolute atomic E-state index is 12.0. The van der Waals surface area contributed by atoms with Crippen molar-refractivity contribution in [2.75, 3.05) is 0 Å². The van der Waals surface area contributed by atoms with E-state index >= 15 is 0 Å². The fourth-order valence-electron chi connectivity index (χ4n) is 3.93. The van der Waals surface area contributed by atoms with Crippen LogP contribution in [-0.2, 0) is 6.54 Å². The molecule has 0 aliphatic heterocycles. The number of benzene rings is 3. The highest BCUT2D eigenvalue weighted by molar-refractivity contribution is 6.39. The Hall–Kier alpha value is -2.49. The fraction of sp³-hybridized carbons (Fsp3) is 0.174. The van der Waals surface area contributed by atoms with E-state index in [2.05, 4.69) is 16.7 Å². The summed E-state index contributed by atoms with van der Waals surface area (Å²) < 4.78 is 2.28. The van der Waals surface area contributed by atoms with Crippen LogP contribution in [-0.4, -0.2) is 10.5 Å². The summed E-state index contributed by atoms with van der Waals surface area (Å²) >= 11 is 12.9. The molecular weight excluding hydrogens is 391 g/mol. The Morgan fingerprint density at radius 3 is 2.50 bits per heavy atom. The van der Waals surface area contributed by atoms with Gasteiger partial charge in [-0.1, -0.05) is 35.3 Å². The molecular formula is C23H17Cl2N2O. The molecule has 4 aromatic rings. The minimum absolute atomic E-state index is 0.428. The van der Waals surface area contributed by atoms with Crippen molar-refractivity contribution in [3.63, 3.8) is 0 Å². The van der Waals surface area contributed by atoms with Gasteiger partial charge in [0.2, 0.25) is 5.91 Å². The SMILES string of the molecule is NC(=O)c1cccc2c1c1[c]cc(-c3c(Cl)cccc3Cl)cc1n2CC1CC1. The van der Waals surface area contributed by atoms with Crippen LogP contribution >= 0.6 is 23.2 Å². The molecule has 1 heterocycles. The lowest BCUT2D eigenvalue weighted by Gasteiger charge is -2.10. The van der Waals surface area contributed by atoms with Gasteiger partial charge in [-0.05, 0) is 66.8 Å². The summed E-state index contributed by atoms with van der Waals surface area (Å²) in [6.45, 7) is 0.912. The number of aromatic nitrogens is 1. The highest BCUT2D eigenvalue weighted by Gasteiger charge is 2.25. The van der Waals surface area contributed by atoms with Crippen molar-refractivity contribution in [2.45, 2.75) is 19.4 Å². The first-order valence-corrected chi connectivity index (χ1v) is 10.0. The summed E-state index contributed by atoms with van der Waals surface area (Å²) in [7, 11) is 0. The number of fused-ring (bicyclic) bond motifs is 3. The highest BCUT2D eigenvalue weighted by Crippen LogP contribution is 2.40. The van der Waals surface area contributed by atoms with Gasteiger partial charge in [0.1, 0.15) is 0 Å². The lowest BCUT2D eigenvalue weighted by Crippen LogP contribution is -2.11. The Kier molecular flexibility index (Phi) is 4.11. The van der Waals surface area contributed by atoms with E-state index in [1.807, 2.05) is 36.4 Å². The van der Waals surface area contributed by atoms with Crippen LogP contribution < -0.4 is 5.73 Å². The Balaban J connectivity index is 1.84. The van der Waals surface area contributed by atoms with Gasteiger partial charge in [-0.3, -0.25) is 4.79 Å². The number of amides is 1. The molecule has 5 rings (SSSR count). The molecule has 1 aliphatic carbocycles. The van der Waals surface area contributed by atoms with Crippen LogP contribution in [0.1, 0.15) is 23.2 Å². The van der Waals surface area contributed by atoms with Crippen LogP contribution in [0.25, 0.3) is 32.9 Å². The average Bonchev–Trinajstić information content (AvgIpc) is 3.44. The standard InChI is InChI=1S/C23H17Cl2N2O/c24-17-4-2-5-18(25)21(17)14-9-10-15-20(11-14)27(12-13-7-8-13)19-6-1-3-16(22(15)19)23(26)28/h1-6,9,11,13H,7-8,12H2,(H2,26,28). The third-order valence-electron chi connectivity index (χ3n) is 5.45. The van der Waals surface area contributed by atoms with E-state index < -0.39 is 5.91 Å². The van der Waals surface area contributed by atoms with E-state index in [9.17, 15) is 4.79 Å². The van der Waals surface area contributed by atoms with Crippen molar-refractivity contribution < 1.29 is 4.79 Å². The first-order chi connectivity index (χ1) is 13.5. The number of nitrogens with zero attached hydrogens (tertiary/aromatic N) is 1. The zero-order valence-corrected chi connectivity index (χ0v) is 16.5. The Morgan fingerprint density at radius 2 is 1.82 bits per heavy atom. The van der Waals surface area contributed by atoms with Gasteiger partial charge in [-0.15, -0.1) is 0 Å². The van der Waals surface area contributed by atoms with Gasteiger partial charge in [-0.2, -0.15) is 0 Å². The molecule has 5 heteroatoms. The number of hydrogen-bond donors (Lipinski definition) is 1. The zero-order valence-electron chi connectivity index (χ0n) is 15.0. The summed E-state index contributed by atoms with van der Waals surface area (Å²) in [4.78, 5) is 12.0. The monoisotopic (exact) mass is 407 g/mol. The van der Waals surface area contributed by atoms with Gasteiger partial charge in [-0.25, -0.2) is 0 Å². The summed E-state index contributed by atoms with van der Waals surface area (Å²) in [5.74, 6) is 0.242. The van der Waals surface area contributed by atoms with Gasteiger partial charge < -0.3 is 10.3 Å². The smallest absolute Gasteiger partial charge is 0.249 e. The van der Waals surface area contributed by atoms with Gasteiger partial charge in [0.15, 0.2) is 0 Å². The first-order valence-electron chi connectivity index (χ1n) is 9.25. The van der Waals surface area contributed by atoms with Crippen LogP contribution in [0.15, 0.2) is 48.5 Å². The first kappa shape index (κ1) is 17.6. The third kappa shape index (κ3) is 2.78. The molecule has 1 radical (unpaired) electrons. The third-order valence-corrected chi connectivity index (χ3v) is 6.08. The molecule has 1 saturated carbocycles. The molecule has 0 atom stereocenters. The van der Waals surface area contributed by atoms with Gasteiger partial charge in [0, 0.05) is 44.0 Å². The number of nitrogens with two attached hydrogens (primary N) is 1. The van der Waals surface area contributed by atoms with Crippen molar-refractivity contribution in [2.24, 2.45) is 11.7 Å². The Labute approximate surface area is 172 Å². The molecule has 3 aromatic carbocycles. The lowest BCUT2D eigenvalue weighted by molar-refractivity contribution is 0.100. The van der Waals surface area contributed by atoms with Crippen molar-refractivity contribution in [3.05, 3.63) is 70.2 Å². The van der Waals surface area contributed by atoms with E-state index in [1.54, 1.807) is 6.07 Å². The largest absolute Gasteiger partial charge is 0.366 e. The van der Waals surface area contributed by atoms with E-state index in [4.69, 9.17) is 28.9 Å². The summed E-state index contributed by atoms with van der Waals surface area (Å²) in [5, 5.41) is 2.96. The number of rotatable bonds is 4. The molecule has 3 nitrogen and oxygen atoms in total. The average molecular weight is 408 g/mol. The van der Waals surface area contributed by atoms with Gasteiger partial charge in [0.05, 0.1) is 5.52 Å². The van der Waals surface area contributed by atoms with Crippen LogP contribution in [0.2, 0.25) is 10.0 Å². The molecule has 139 valence electrons. The Bertz CT molecular complexity index is 1230. The summed E-state index contributed by atoms with van der Waals surface area (Å²) in [6.07, 6.45) is 2.47. The molecule has 1 aromatic heterocycles. The quantitative estimate of drug-likeness (QED) is 0.437. The molecule has 0 spiro atoms. The second-order valence-electron chi connectivity index (χ2n) is 7.36. The van der Waals surface area contributed by atoms with E-state index in [-0.39, 0.29) is 0 Å². The fourth-order valence-corrected chi connectivity index (χ4v) is 4.55. The van der Waals surface area contributed by atoms with Gasteiger partial charge >= 0.3 is 0 Å². The van der Waals surface area contributed by atoms with E-state index in [0.29, 0.717) is 21.5 Å². The van der Waals surface area contributed by atoms with Crippen molar-refractivity contribution in [3.8, 4) is 11.1 Å². The minimum Gasteiger partial charge on any atom is -0.366 e. The van der Waals surface area contributed by atoms with Crippen LogP contribution in [0.4, 0.5) is 0 Å². The maximum atomic E-state index is 12.0. The van der Waals surface area contributed by atoms with Gasteiger partial charge in [0.25, 0.3) is 0 Å². The molecule has 1 amide bonds. The highest BCUT2D eigenvalue weighted by atomic mass is 35.5. The molecule has 2 N–H and O–H groups in total. The maximum Gasteiger partial charge on any atom is 0.249 e. The van der Waals surface area contributed by atoms with Crippen molar-refractivity contribution in [1.29, 1.82) is 0 Å². The molecule has 0 unspecified atom stereocenters. The number of halogens is 2. The molecule has 0 bridgehead atoms. The predicted octanol–water partition coefficient (Wildman–Crippen LogP) is 6.08. The summed E-state index contributed by atoms with van der Waals surface area (Å²) in [5.41, 5.74) is 9.91. The van der Waals surface area contributed by atoms with E-state index in [0.717, 1.165) is 39.5 Å². The number of primary amides is 1. The molecule has 1 aliphatic rings. The van der Waals surface area contributed by atoms with Crippen LogP contribution in [0, 0.1) is 12.0 Å². The number of carbonyl (C=O) groups excluding carboxylic acids is 1. The normalized spacial score (nSPS) is 14.1. The topological polar surface area (TPSA) is 48.0 Å². The van der Waals surface area contributed by atoms with E-state index in [1.165, 1.54) is 12.8 Å². The summed E-state index contributed by atoms with van der Waals surface area (Å²) in [6, 6.07) is 18.5. The molecule has 28 heavy (non-hydrogen) atoms. The predicted molar refractivity (Wildman–Crippen MR) is 115 cm³/mol. The van der Waals surface area contributed by atoms with Crippen molar-refractivity contribution in [1.82, 2.24) is 4.57 Å². The Morgan fingerprint density at radius 1 is 1.11 bits per heavy atom. The molecule has 1 fully saturated rings. The molecule has 0 saturated heterocycles.